The number of nitrogens with zero attached hydrogens (tertiary/aromatic N) is 3. The van der Waals surface area contributed by atoms with Crippen molar-refractivity contribution in [3.05, 3.63) is 39.7 Å². The molecule has 0 saturated carbocycles. The highest BCUT2D eigenvalue weighted by atomic mass is 127. The Hall–Kier alpha value is -1.48. The van der Waals surface area contributed by atoms with E-state index in [1.165, 1.54) is 4.68 Å². The van der Waals surface area contributed by atoms with Crippen LogP contribution in [-0.4, -0.2) is 20.9 Å². The second-order valence-corrected chi connectivity index (χ2v) is 4.92. The van der Waals surface area contributed by atoms with E-state index in [0.717, 1.165) is 9.26 Å². The number of nitrogens with one attached hydrogen (secondary N) is 1. The summed E-state index contributed by atoms with van der Waals surface area (Å²) in [6.45, 7) is 0.441. The van der Waals surface area contributed by atoms with E-state index in [2.05, 4.69) is 38.2 Å². The van der Waals surface area contributed by atoms with E-state index in [0.29, 0.717) is 12.2 Å². The van der Waals surface area contributed by atoms with Crippen molar-refractivity contribution in [2.45, 2.75) is 13.1 Å². The highest BCUT2D eigenvalue weighted by molar-refractivity contribution is 14.1. The van der Waals surface area contributed by atoms with Gasteiger partial charge in [0, 0.05) is 15.8 Å². The van der Waals surface area contributed by atoms with Gasteiger partial charge < -0.3 is 11.1 Å². The van der Waals surface area contributed by atoms with Crippen molar-refractivity contribution in [3.63, 3.8) is 0 Å². The van der Waals surface area contributed by atoms with Gasteiger partial charge in [0.2, 0.25) is 5.91 Å². The van der Waals surface area contributed by atoms with Crippen molar-refractivity contribution in [1.29, 1.82) is 0 Å². The van der Waals surface area contributed by atoms with E-state index in [-0.39, 0.29) is 12.5 Å². The highest BCUT2D eigenvalue weighted by Crippen LogP contribution is 2.12. The molecule has 1 heterocycles. The van der Waals surface area contributed by atoms with Crippen molar-refractivity contribution in [3.8, 4) is 0 Å². The summed E-state index contributed by atoms with van der Waals surface area (Å²) in [6, 6.07) is 7.58. The van der Waals surface area contributed by atoms with Gasteiger partial charge >= 0.3 is 0 Å². The van der Waals surface area contributed by atoms with Crippen molar-refractivity contribution in [2.75, 3.05) is 5.32 Å². The van der Waals surface area contributed by atoms with Gasteiger partial charge in [0.05, 0.1) is 11.9 Å². The molecule has 0 aliphatic rings. The Kier molecular flexibility index (Phi) is 4.26. The van der Waals surface area contributed by atoms with Crippen LogP contribution in [0.15, 0.2) is 30.5 Å². The summed E-state index contributed by atoms with van der Waals surface area (Å²) in [7, 11) is 0. The number of rotatable bonds is 4. The predicted molar refractivity (Wildman–Crippen MR) is 75.7 cm³/mol. The summed E-state index contributed by atoms with van der Waals surface area (Å²) < 4.78 is 2.53. The Balaban J connectivity index is 1.96. The number of hydrogen-bond donors (Lipinski definition) is 2. The first-order valence-corrected chi connectivity index (χ1v) is 6.40. The summed E-state index contributed by atoms with van der Waals surface area (Å²) in [6.07, 6.45) is 1.66. The van der Waals surface area contributed by atoms with Crippen LogP contribution in [0.1, 0.15) is 5.69 Å². The van der Waals surface area contributed by atoms with Gasteiger partial charge in [0.25, 0.3) is 0 Å². The normalized spacial score (nSPS) is 10.3. The van der Waals surface area contributed by atoms with Crippen LogP contribution >= 0.6 is 22.6 Å². The molecule has 0 bridgehead atoms. The van der Waals surface area contributed by atoms with Crippen LogP contribution in [0.2, 0.25) is 0 Å². The van der Waals surface area contributed by atoms with Crippen LogP contribution in [0.25, 0.3) is 0 Å². The van der Waals surface area contributed by atoms with Gasteiger partial charge in [-0.2, -0.15) is 0 Å². The van der Waals surface area contributed by atoms with Gasteiger partial charge in [-0.3, -0.25) is 4.79 Å². The maximum Gasteiger partial charge on any atom is 0.246 e. The minimum Gasteiger partial charge on any atom is -0.325 e. The quantitative estimate of drug-likeness (QED) is 0.799. The van der Waals surface area contributed by atoms with E-state index in [9.17, 15) is 4.79 Å². The molecule has 1 aromatic carbocycles. The van der Waals surface area contributed by atoms with Crippen LogP contribution in [0, 0.1) is 3.57 Å². The van der Waals surface area contributed by atoms with Gasteiger partial charge in [0.1, 0.15) is 6.54 Å². The lowest BCUT2D eigenvalue weighted by atomic mass is 10.3. The topological polar surface area (TPSA) is 85.8 Å². The van der Waals surface area contributed by atoms with E-state index < -0.39 is 0 Å². The molecule has 0 atom stereocenters. The molecule has 3 N–H and O–H groups in total. The molecular formula is C11H12IN5O. The summed E-state index contributed by atoms with van der Waals surface area (Å²) in [5, 5.41) is 10.4. The predicted octanol–water partition coefficient (Wildman–Crippen LogP) is 0.980. The van der Waals surface area contributed by atoms with E-state index in [1.54, 1.807) is 6.20 Å². The van der Waals surface area contributed by atoms with Crippen molar-refractivity contribution >= 4 is 34.2 Å². The summed E-state index contributed by atoms with van der Waals surface area (Å²) in [4.78, 5) is 11.8. The standard InChI is InChI=1S/C11H12IN5O/c12-8-2-1-3-9(4-8)14-11(18)7-17-6-10(5-13)15-16-17/h1-4,6H,5,7,13H2,(H,14,18). The van der Waals surface area contributed by atoms with Crippen LogP contribution < -0.4 is 11.1 Å². The molecule has 0 aliphatic carbocycles. The molecule has 7 heteroatoms. The molecule has 0 radical (unpaired) electrons. The number of aromatic nitrogens is 3. The van der Waals surface area contributed by atoms with E-state index in [4.69, 9.17) is 5.73 Å². The highest BCUT2D eigenvalue weighted by Gasteiger charge is 2.06. The first-order valence-electron chi connectivity index (χ1n) is 5.32. The largest absolute Gasteiger partial charge is 0.325 e. The smallest absolute Gasteiger partial charge is 0.246 e. The fourth-order valence-electron chi connectivity index (χ4n) is 1.42. The molecule has 0 saturated heterocycles. The monoisotopic (exact) mass is 357 g/mol. The summed E-state index contributed by atoms with van der Waals surface area (Å²) >= 11 is 2.19. The number of anilines is 1. The molecule has 0 unspecified atom stereocenters. The Morgan fingerprint density at radius 1 is 1.50 bits per heavy atom. The Morgan fingerprint density at radius 2 is 2.33 bits per heavy atom. The lowest BCUT2D eigenvalue weighted by Gasteiger charge is -2.05. The second kappa shape index (κ2) is 5.91. The van der Waals surface area contributed by atoms with Crippen LogP contribution in [0.4, 0.5) is 5.69 Å². The van der Waals surface area contributed by atoms with Gasteiger partial charge in [-0.1, -0.05) is 11.3 Å². The lowest BCUT2D eigenvalue weighted by Crippen LogP contribution is -2.19. The zero-order valence-electron chi connectivity index (χ0n) is 9.51. The third kappa shape index (κ3) is 3.50. The van der Waals surface area contributed by atoms with Crippen LogP contribution in [-0.2, 0) is 17.9 Å². The van der Waals surface area contributed by atoms with Crippen molar-refractivity contribution in [2.24, 2.45) is 5.73 Å². The number of amides is 1. The van der Waals surface area contributed by atoms with Gasteiger partial charge in [-0.25, -0.2) is 4.68 Å². The number of benzene rings is 1. The fraction of sp³-hybridized carbons (Fsp3) is 0.182. The molecule has 18 heavy (non-hydrogen) atoms. The zero-order valence-corrected chi connectivity index (χ0v) is 11.7. The number of carbonyl (C=O) groups excluding carboxylic acids is 1. The van der Waals surface area contributed by atoms with Crippen LogP contribution in [0.3, 0.4) is 0 Å². The van der Waals surface area contributed by atoms with Crippen LogP contribution in [0.5, 0.6) is 0 Å². The average Bonchev–Trinajstić information content (AvgIpc) is 2.76. The van der Waals surface area contributed by atoms with Gasteiger partial charge in [0.15, 0.2) is 0 Å². The molecule has 0 spiro atoms. The second-order valence-electron chi connectivity index (χ2n) is 3.67. The SMILES string of the molecule is NCc1cn(CC(=O)Nc2cccc(I)c2)nn1. The molecule has 2 rings (SSSR count). The number of carbonyl (C=O) groups is 1. The van der Waals surface area contributed by atoms with Crippen molar-refractivity contribution < 1.29 is 4.79 Å². The molecule has 2 aromatic rings. The minimum absolute atomic E-state index is 0.123. The molecular weight excluding hydrogens is 345 g/mol. The Labute approximate surface area is 118 Å². The van der Waals surface area contributed by atoms with E-state index >= 15 is 0 Å². The maximum atomic E-state index is 11.8. The minimum atomic E-state index is -0.148. The average molecular weight is 357 g/mol. The number of hydrogen-bond acceptors (Lipinski definition) is 4. The third-order valence-electron chi connectivity index (χ3n) is 2.21. The first-order chi connectivity index (χ1) is 8.67. The maximum absolute atomic E-state index is 11.8. The van der Waals surface area contributed by atoms with Gasteiger partial charge in [-0.15, -0.1) is 5.10 Å². The molecule has 1 amide bonds. The number of nitrogens with two attached hydrogens (primary N) is 1. The molecule has 0 aliphatic heterocycles. The third-order valence-corrected chi connectivity index (χ3v) is 2.88. The summed E-state index contributed by atoms with van der Waals surface area (Å²) in [5.41, 5.74) is 6.85. The zero-order chi connectivity index (χ0) is 13.0. The fourth-order valence-corrected chi connectivity index (χ4v) is 1.97. The van der Waals surface area contributed by atoms with Gasteiger partial charge in [-0.05, 0) is 40.8 Å². The molecule has 0 fully saturated rings. The summed E-state index contributed by atoms with van der Waals surface area (Å²) in [5.74, 6) is -0.148. The van der Waals surface area contributed by atoms with E-state index in [1.807, 2.05) is 24.3 Å². The Bertz CT molecular complexity index is 554. The lowest BCUT2D eigenvalue weighted by molar-refractivity contribution is -0.116. The molecule has 6 nitrogen and oxygen atoms in total. The molecule has 1 aromatic heterocycles. The Morgan fingerprint density at radius 3 is 3.00 bits per heavy atom. The molecule has 94 valence electrons. The first kappa shape index (κ1) is 13.0. The van der Waals surface area contributed by atoms with Crippen molar-refractivity contribution in [1.82, 2.24) is 15.0 Å². The number of halogens is 1.